The van der Waals surface area contributed by atoms with Gasteiger partial charge in [0, 0.05) is 30.3 Å². The van der Waals surface area contributed by atoms with E-state index in [1.54, 1.807) is 13.1 Å². The Hall–Kier alpha value is -2.12. The van der Waals surface area contributed by atoms with Crippen molar-refractivity contribution in [3.8, 4) is 5.75 Å². The van der Waals surface area contributed by atoms with Crippen molar-refractivity contribution < 1.29 is 14.3 Å². The third-order valence-corrected chi connectivity index (χ3v) is 5.04. The number of morpholine rings is 1. The van der Waals surface area contributed by atoms with Gasteiger partial charge in [0.25, 0.3) is 5.91 Å². The number of nitrogens with zero attached hydrogens (tertiary/aromatic N) is 2. The summed E-state index contributed by atoms with van der Waals surface area (Å²) < 4.78 is 12.4. The van der Waals surface area contributed by atoms with Gasteiger partial charge in [-0.2, -0.15) is 0 Å². The van der Waals surface area contributed by atoms with Gasteiger partial charge in [0.2, 0.25) is 0 Å². The Kier molecular flexibility index (Phi) is 6.91. The number of nitrogens with one attached hydrogen (secondary N) is 1. The van der Waals surface area contributed by atoms with Crippen LogP contribution >= 0.6 is 15.9 Å². The lowest BCUT2D eigenvalue weighted by atomic mass is 10.2. The largest absolute Gasteiger partial charge is 0.481 e. The minimum atomic E-state index is -0.579. The molecule has 1 N–H and O–H groups in total. The summed E-state index contributed by atoms with van der Waals surface area (Å²) in [5.74, 6) is 1.43. The maximum absolute atomic E-state index is 12.3. The first kappa shape index (κ1) is 20.6. The molecule has 150 valence electrons. The predicted octanol–water partition coefficient (Wildman–Crippen LogP) is 3.54. The van der Waals surface area contributed by atoms with Gasteiger partial charge in [-0.15, -0.1) is 0 Å². The van der Waals surface area contributed by atoms with Crippen LogP contribution < -0.4 is 15.0 Å². The third kappa shape index (κ3) is 5.69. The standard InChI is InChI=1S/C21H26BrN3O3/c1-14-12-25(13-15(2)27-14)20-9-4-17(10-23-20)11-24-21(26)16(3)28-19-7-5-18(22)6-8-19/h4-10,14-16H,11-13H2,1-3H3,(H,24,26). The van der Waals surface area contributed by atoms with E-state index in [2.05, 4.69) is 45.0 Å². The van der Waals surface area contributed by atoms with Crippen LogP contribution in [0.5, 0.6) is 5.75 Å². The Bertz CT molecular complexity index is 772. The average molecular weight is 448 g/mol. The number of aromatic nitrogens is 1. The van der Waals surface area contributed by atoms with Crippen molar-refractivity contribution in [2.45, 2.75) is 45.6 Å². The van der Waals surface area contributed by atoms with Gasteiger partial charge in [-0.1, -0.05) is 22.0 Å². The molecule has 0 saturated carbocycles. The Morgan fingerprint density at radius 2 is 1.93 bits per heavy atom. The zero-order chi connectivity index (χ0) is 20.1. The summed E-state index contributed by atoms with van der Waals surface area (Å²) in [4.78, 5) is 19.1. The second-order valence-corrected chi connectivity index (χ2v) is 8.03. The molecule has 1 aliphatic heterocycles. The molecule has 0 radical (unpaired) electrons. The van der Waals surface area contributed by atoms with E-state index in [4.69, 9.17) is 9.47 Å². The van der Waals surface area contributed by atoms with E-state index in [0.717, 1.165) is 28.9 Å². The van der Waals surface area contributed by atoms with Gasteiger partial charge in [-0.05, 0) is 56.7 Å². The molecule has 0 bridgehead atoms. The summed E-state index contributed by atoms with van der Waals surface area (Å²) in [6, 6.07) is 11.4. The maximum Gasteiger partial charge on any atom is 0.261 e. The number of ether oxygens (including phenoxy) is 2. The summed E-state index contributed by atoms with van der Waals surface area (Å²) in [5, 5.41) is 2.90. The number of hydrogen-bond donors (Lipinski definition) is 1. The van der Waals surface area contributed by atoms with Crippen LogP contribution in [0.1, 0.15) is 26.3 Å². The zero-order valence-corrected chi connectivity index (χ0v) is 18.0. The topological polar surface area (TPSA) is 63.7 Å². The highest BCUT2D eigenvalue weighted by Gasteiger charge is 2.23. The van der Waals surface area contributed by atoms with E-state index in [1.807, 2.05) is 36.4 Å². The molecule has 28 heavy (non-hydrogen) atoms. The number of carbonyl (C=O) groups excluding carboxylic acids is 1. The molecule has 0 spiro atoms. The molecular formula is C21H26BrN3O3. The van der Waals surface area contributed by atoms with Crippen LogP contribution in [0.25, 0.3) is 0 Å². The molecule has 7 heteroatoms. The summed E-state index contributed by atoms with van der Waals surface area (Å²) in [7, 11) is 0. The number of amides is 1. The number of carbonyl (C=O) groups is 1. The first-order valence-electron chi connectivity index (χ1n) is 9.46. The van der Waals surface area contributed by atoms with Gasteiger partial charge in [-0.25, -0.2) is 4.98 Å². The molecule has 0 aliphatic carbocycles. The van der Waals surface area contributed by atoms with Crippen LogP contribution in [0, 0.1) is 0 Å². The van der Waals surface area contributed by atoms with E-state index in [0.29, 0.717) is 12.3 Å². The van der Waals surface area contributed by atoms with Crippen LogP contribution in [0.15, 0.2) is 47.1 Å². The first-order chi connectivity index (χ1) is 13.4. The third-order valence-electron chi connectivity index (χ3n) is 4.52. The van der Waals surface area contributed by atoms with Crippen molar-refractivity contribution in [3.63, 3.8) is 0 Å². The van der Waals surface area contributed by atoms with Gasteiger partial charge in [0.1, 0.15) is 11.6 Å². The van der Waals surface area contributed by atoms with Crippen LogP contribution in [-0.4, -0.2) is 42.3 Å². The predicted molar refractivity (Wildman–Crippen MR) is 113 cm³/mol. The van der Waals surface area contributed by atoms with Gasteiger partial charge in [0.15, 0.2) is 6.10 Å². The van der Waals surface area contributed by atoms with E-state index < -0.39 is 6.10 Å². The second kappa shape index (κ2) is 9.39. The molecule has 1 aliphatic rings. The van der Waals surface area contributed by atoms with Crippen molar-refractivity contribution in [3.05, 3.63) is 52.6 Å². The highest BCUT2D eigenvalue weighted by molar-refractivity contribution is 9.10. The van der Waals surface area contributed by atoms with Crippen molar-refractivity contribution in [1.82, 2.24) is 10.3 Å². The molecule has 1 fully saturated rings. The summed E-state index contributed by atoms with van der Waals surface area (Å²) in [6.45, 7) is 7.96. The van der Waals surface area contributed by atoms with Crippen molar-refractivity contribution >= 4 is 27.7 Å². The molecule has 1 aromatic carbocycles. The zero-order valence-electron chi connectivity index (χ0n) is 16.4. The van der Waals surface area contributed by atoms with Gasteiger partial charge in [-0.3, -0.25) is 4.79 Å². The fourth-order valence-electron chi connectivity index (χ4n) is 3.18. The lowest BCUT2D eigenvalue weighted by Gasteiger charge is -2.36. The lowest BCUT2D eigenvalue weighted by Crippen LogP contribution is -2.45. The Morgan fingerprint density at radius 3 is 2.54 bits per heavy atom. The lowest BCUT2D eigenvalue weighted by molar-refractivity contribution is -0.127. The monoisotopic (exact) mass is 447 g/mol. The smallest absolute Gasteiger partial charge is 0.261 e. The normalized spacial score (nSPS) is 20.5. The highest BCUT2D eigenvalue weighted by Crippen LogP contribution is 2.19. The number of rotatable bonds is 6. The maximum atomic E-state index is 12.3. The molecule has 1 amide bonds. The van der Waals surface area contributed by atoms with Gasteiger partial charge >= 0.3 is 0 Å². The van der Waals surface area contributed by atoms with E-state index in [-0.39, 0.29) is 18.1 Å². The van der Waals surface area contributed by atoms with Crippen LogP contribution in [0.4, 0.5) is 5.82 Å². The van der Waals surface area contributed by atoms with E-state index in [1.165, 1.54) is 0 Å². The molecule has 1 saturated heterocycles. The number of pyridine rings is 1. The molecule has 2 aromatic rings. The quantitative estimate of drug-likeness (QED) is 0.733. The number of benzene rings is 1. The number of hydrogen-bond acceptors (Lipinski definition) is 5. The second-order valence-electron chi connectivity index (χ2n) is 7.12. The SMILES string of the molecule is CC1CN(c2ccc(CNC(=O)C(C)Oc3ccc(Br)cc3)cn2)CC(C)O1. The molecule has 2 heterocycles. The molecule has 1 aromatic heterocycles. The Labute approximate surface area is 174 Å². The average Bonchev–Trinajstić information content (AvgIpc) is 2.67. The fourth-order valence-corrected chi connectivity index (χ4v) is 3.44. The van der Waals surface area contributed by atoms with Gasteiger partial charge < -0.3 is 19.7 Å². The summed E-state index contributed by atoms with van der Waals surface area (Å²) in [5.41, 5.74) is 0.947. The van der Waals surface area contributed by atoms with Crippen molar-refractivity contribution in [1.29, 1.82) is 0 Å². The molecular weight excluding hydrogens is 422 g/mol. The molecule has 3 unspecified atom stereocenters. The molecule has 6 nitrogen and oxygen atoms in total. The van der Waals surface area contributed by atoms with Crippen LogP contribution in [0.3, 0.4) is 0 Å². The summed E-state index contributed by atoms with van der Waals surface area (Å²) >= 11 is 3.38. The summed E-state index contributed by atoms with van der Waals surface area (Å²) in [6.07, 6.45) is 1.61. The van der Waals surface area contributed by atoms with Crippen LogP contribution in [0.2, 0.25) is 0 Å². The Balaban J connectivity index is 1.50. The highest BCUT2D eigenvalue weighted by atomic mass is 79.9. The van der Waals surface area contributed by atoms with Crippen LogP contribution in [-0.2, 0) is 16.1 Å². The van der Waals surface area contributed by atoms with E-state index >= 15 is 0 Å². The van der Waals surface area contributed by atoms with Crippen molar-refractivity contribution in [2.75, 3.05) is 18.0 Å². The first-order valence-corrected chi connectivity index (χ1v) is 10.3. The number of halogens is 1. The Morgan fingerprint density at radius 1 is 1.25 bits per heavy atom. The minimum Gasteiger partial charge on any atom is -0.481 e. The van der Waals surface area contributed by atoms with E-state index in [9.17, 15) is 4.79 Å². The van der Waals surface area contributed by atoms with Gasteiger partial charge in [0.05, 0.1) is 12.2 Å². The minimum absolute atomic E-state index is 0.164. The fraction of sp³-hybridized carbons (Fsp3) is 0.429. The number of anilines is 1. The van der Waals surface area contributed by atoms with Crippen molar-refractivity contribution in [2.24, 2.45) is 0 Å². The molecule has 3 atom stereocenters. The molecule has 3 rings (SSSR count).